The molecule has 0 radical (unpaired) electrons. The highest BCUT2D eigenvalue weighted by atomic mass is 14.4. The molecule has 1 aliphatic carbocycles. The van der Waals surface area contributed by atoms with E-state index in [1.807, 2.05) is 0 Å². The summed E-state index contributed by atoms with van der Waals surface area (Å²) in [5, 5.41) is 0. The maximum Gasteiger partial charge on any atom is -0.0159 e. The predicted octanol–water partition coefficient (Wildman–Crippen LogP) is 3.63. The van der Waals surface area contributed by atoms with E-state index in [2.05, 4.69) is 39.8 Å². The van der Waals surface area contributed by atoms with Crippen LogP contribution in [0.3, 0.4) is 0 Å². The lowest BCUT2D eigenvalue weighted by Gasteiger charge is -2.37. The zero-order valence-corrected chi connectivity index (χ0v) is 8.22. The average molecular weight is 152 g/mol. The fraction of sp³-hybridized carbons (Fsp3) is 0.818. The predicted molar refractivity (Wildman–Crippen MR) is 50.5 cm³/mol. The van der Waals surface area contributed by atoms with Gasteiger partial charge >= 0.3 is 0 Å². The van der Waals surface area contributed by atoms with Crippen LogP contribution in [-0.2, 0) is 0 Å². The van der Waals surface area contributed by atoms with Crippen LogP contribution in [0.25, 0.3) is 0 Å². The van der Waals surface area contributed by atoms with E-state index in [9.17, 15) is 0 Å². The van der Waals surface area contributed by atoms with Gasteiger partial charge in [-0.2, -0.15) is 0 Å². The van der Waals surface area contributed by atoms with E-state index in [0.29, 0.717) is 5.41 Å². The van der Waals surface area contributed by atoms with E-state index in [1.165, 1.54) is 12.8 Å². The van der Waals surface area contributed by atoms with Crippen LogP contribution in [0.5, 0.6) is 0 Å². The lowest BCUT2D eigenvalue weighted by atomic mass is 9.68. The summed E-state index contributed by atoms with van der Waals surface area (Å²) in [7, 11) is 0. The SMILES string of the molecule is CC(C)C1C=CCCC1(C)C. The summed E-state index contributed by atoms with van der Waals surface area (Å²) < 4.78 is 0. The molecule has 0 aliphatic heterocycles. The Hall–Kier alpha value is -0.260. The van der Waals surface area contributed by atoms with Crippen molar-refractivity contribution in [1.29, 1.82) is 0 Å². The van der Waals surface area contributed by atoms with Crippen molar-refractivity contribution in [3.8, 4) is 0 Å². The fourth-order valence-corrected chi connectivity index (χ4v) is 2.25. The minimum Gasteiger partial charge on any atom is -0.0882 e. The molecule has 0 nitrogen and oxygen atoms in total. The topological polar surface area (TPSA) is 0 Å². The molecule has 0 N–H and O–H groups in total. The molecule has 1 aliphatic rings. The van der Waals surface area contributed by atoms with Crippen molar-refractivity contribution in [2.24, 2.45) is 17.3 Å². The first-order valence-corrected chi connectivity index (χ1v) is 4.71. The van der Waals surface area contributed by atoms with Gasteiger partial charge in [0.25, 0.3) is 0 Å². The maximum absolute atomic E-state index is 2.41. The number of hydrogen-bond acceptors (Lipinski definition) is 0. The molecular formula is C11H20. The van der Waals surface area contributed by atoms with Crippen molar-refractivity contribution in [2.45, 2.75) is 40.5 Å². The molecule has 0 aromatic heterocycles. The first-order chi connectivity index (χ1) is 5.04. The third-order valence-electron chi connectivity index (χ3n) is 2.92. The standard InChI is InChI=1S/C11H20/c1-9(2)10-7-5-6-8-11(10,3)4/h5,7,9-10H,6,8H2,1-4H3. The lowest BCUT2D eigenvalue weighted by molar-refractivity contribution is 0.179. The highest BCUT2D eigenvalue weighted by Gasteiger charge is 2.30. The summed E-state index contributed by atoms with van der Waals surface area (Å²) in [4.78, 5) is 0. The summed E-state index contributed by atoms with van der Waals surface area (Å²) in [5.74, 6) is 1.58. The van der Waals surface area contributed by atoms with Gasteiger partial charge in [0.1, 0.15) is 0 Å². The second-order valence-corrected chi connectivity index (χ2v) is 4.73. The van der Waals surface area contributed by atoms with Gasteiger partial charge in [-0.05, 0) is 30.1 Å². The van der Waals surface area contributed by atoms with Crippen LogP contribution >= 0.6 is 0 Å². The Morgan fingerprint density at radius 3 is 2.36 bits per heavy atom. The minimum atomic E-state index is 0.531. The average Bonchev–Trinajstić information content (AvgIpc) is 1.85. The molecule has 0 heterocycles. The molecule has 0 heteroatoms. The van der Waals surface area contributed by atoms with Gasteiger partial charge in [0.05, 0.1) is 0 Å². The Labute approximate surface area is 70.7 Å². The Morgan fingerprint density at radius 2 is 2.00 bits per heavy atom. The molecule has 1 atom stereocenters. The number of rotatable bonds is 1. The molecule has 0 fully saturated rings. The van der Waals surface area contributed by atoms with E-state index < -0.39 is 0 Å². The van der Waals surface area contributed by atoms with Crippen molar-refractivity contribution in [1.82, 2.24) is 0 Å². The van der Waals surface area contributed by atoms with E-state index in [0.717, 1.165) is 11.8 Å². The van der Waals surface area contributed by atoms with Gasteiger partial charge in [0.2, 0.25) is 0 Å². The summed E-state index contributed by atoms with van der Waals surface area (Å²) in [6.45, 7) is 9.42. The molecule has 0 saturated heterocycles. The lowest BCUT2D eigenvalue weighted by Crippen LogP contribution is -2.28. The monoisotopic (exact) mass is 152 g/mol. The molecule has 0 bridgehead atoms. The Kier molecular flexibility index (Phi) is 2.41. The van der Waals surface area contributed by atoms with Gasteiger partial charge in [-0.1, -0.05) is 39.8 Å². The Morgan fingerprint density at radius 1 is 1.36 bits per heavy atom. The largest absolute Gasteiger partial charge is 0.0882 e. The second kappa shape index (κ2) is 3.00. The Balaban J connectivity index is 2.74. The van der Waals surface area contributed by atoms with Gasteiger partial charge in [-0.15, -0.1) is 0 Å². The van der Waals surface area contributed by atoms with E-state index in [-0.39, 0.29) is 0 Å². The molecular weight excluding hydrogens is 132 g/mol. The highest BCUT2D eigenvalue weighted by molar-refractivity contribution is 5.01. The summed E-state index contributed by atoms with van der Waals surface area (Å²) in [6.07, 6.45) is 7.38. The maximum atomic E-state index is 2.41. The Bertz CT molecular complexity index is 151. The second-order valence-electron chi connectivity index (χ2n) is 4.73. The van der Waals surface area contributed by atoms with Crippen molar-refractivity contribution in [2.75, 3.05) is 0 Å². The normalized spacial score (nSPS) is 29.4. The molecule has 1 rings (SSSR count). The molecule has 0 aromatic rings. The zero-order valence-electron chi connectivity index (χ0n) is 8.22. The summed E-state index contributed by atoms with van der Waals surface area (Å²) >= 11 is 0. The van der Waals surface area contributed by atoms with Crippen LogP contribution < -0.4 is 0 Å². The van der Waals surface area contributed by atoms with Crippen LogP contribution in [0.4, 0.5) is 0 Å². The first kappa shape index (κ1) is 8.83. The quantitative estimate of drug-likeness (QED) is 0.503. The van der Waals surface area contributed by atoms with Crippen LogP contribution in [-0.4, -0.2) is 0 Å². The van der Waals surface area contributed by atoms with Gasteiger partial charge in [0, 0.05) is 0 Å². The van der Waals surface area contributed by atoms with Crippen molar-refractivity contribution in [3.63, 3.8) is 0 Å². The zero-order chi connectivity index (χ0) is 8.48. The molecule has 0 aromatic carbocycles. The highest BCUT2D eigenvalue weighted by Crippen LogP contribution is 2.40. The van der Waals surface area contributed by atoms with Crippen LogP contribution in [0, 0.1) is 17.3 Å². The van der Waals surface area contributed by atoms with Gasteiger partial charge < -0.3 is 0 Å². The van der Waals surface area contributed by atoms with Crippen molar-refractivity contribution < 1.29 is 0 Å². The molecule has 64 valence electrons. The smallest absolute Gasteiger partial charge is 0.0159 e. The molecule has 11 heavy (non-hydrogen) atoms. The first-order valence-electron chi connectivity index (χ1n) is 4.71. The van der Waals surface area contributed by atoms with Crippen molar-refractivity contribution in [3.05, 3.63) is 12.2 Å². The summed E-state index contributed by atoms with van der Waals surface area (Å²) in [5.41, 5.74) is 0.531. The molecule has 0 spiro atoms. The fourth-order valence-electron chi connectivity index (χ4n) is 2.25. The third kappa shape index (κ3) is 1.85. The van der Waals surface area contributed by atoms with E-state index in [1.54, 1.807) is 0 Å². The van der Waals surface area contributed by atoms with E-state index in [4.69, 9.17) is 0 Å². The molecule has 0 amide bonds. The van der Waals surface area contributed by atoms with Gasteiger partial charge in [-0.3, -0.25) is 0 Å². The molecule has 1 unspecified atom stereocenters. The number of allylic oxidation sites excluding steroid dienone is 2. The van der Waals surface area contributed by atoms with Crippen molar-refractivity contribution >= 4 is 0 Å². The van der Waals surface area contributed by atoms with Gasteiger partial charge in [0.15, 0.2) is 0 Å². The molecule has 0 saturated carbocycles. The van der Waals surface area contributed by atoms with Crippen LogP contribution in [0.2, 0.25) is 0 Å². The van der Waals surface area contributed by atoms with Gasteiger partial charge in [-0.25, -0.2) is 0 Å². The third-order valence-corrected chi connectivity index (χ3v) is 2.92. The number of hydrogen-bond donors (Lipinski definition) is 0. The van der Waals surface area contributed by atoms with Crippen LogP contribution in [0.1, 0.15) is 40.5 Å². The minimum absolute atomic E-state index is 0.531. The van der Waals surface area contributed by atoms with E-state index >= 15 is 0 Å². The summed E-state index contributed by atoms with van der Waals surface area (Å²) in [6, 6.07) is 0. The van der Waals surface area contributed by atoms with Crippen LogP contribution in [0.15, 0.2) is 12.2 Å².